The lowest BCUT2D eigenvalue weighted by Crippen LogP contribution is -2.06. The van der Waals surface area contributed by atoms with E-state index in [-0.39, 0.29) is 0 Å². The number of hydrogen-bond donors (Lipinski definition) is 1. The number of aromatic nitrogens is 1. The second-order valence-corrected chi connectivity index (χ2v) is 6.94. The lowest BCUT2D eigenvalue weighted by molar-refractivity contribution is 0.518. The Hall–Kier alpha value is -0.610. The summed E-state index contributed by atoms with van der Waals surface area (Å²) in [5.41, 5.74) is 1.09. The van der Waals surface area contributed by atoms with Crippen LogP contribution in [-0.4, -0.2) is 11.5 Å². The maximum atomic E-state index is 4.60. The van der Waals surface area contributed by atoms with Gasteiger partial charge in [0.25, 0.3) is 0 Å². The normalized spacial score (nSPS) is 16.5. The highest BCUT2D eigenvalue weighted by atomic mass is 79.9. The average molecular weight is 325 g/mol. The molecule has 18 heavy (non-hydrogen) atoms. The number of rotatable bonds is 4. The van der Waals surface area contributed by atoms with Crippen LogP contribution in [0.1, 0.15) is 32.1 Å². The second-order valence-electron chi connectivity index (χ2n) is 5.00. The molecule has 0 atom stereocenters. The van der Waals surface area contributed by atoms with E-state index in [1.807, 2.05) is 6.07 Å². The van der Waals surface area contributed by atoms with Crippen molar-refractivity contribution in [3.8, 4) is 0 Å². The summed E-state index contributed by atoms with van der Waals surface area (Å²) >= 11 is 5.24. The van der Waals surface area contributed by atoms with E-state index in [0.29, 0.717) is 0 Å². The highest BCUT2D eigenvalue weighted by Gasteiger charge is 2.14. The highest BCUT2D eigenvalue weighted by Crippen LogP contribution is 2.30. The molecular weight excluding hydrogens is 308 g/mol. The van der Waals surface area contributed by atoms with Crippen molar-refractivity contribution in [2.24, 2.45) is 5.92 Å². The number of halogens is 1. The van der Waals surface area contributed by atoms with E-state index in [1.54, 1.807) is 11.3 Å². The molecule has 4 heteroatoms. The third-order valence-corrected chi connectivity index (χ3v) is 5.12. The molecule has 0 aliphatic heterocycles. The standard InChI is InChI=1S/C14H17BrN2S/c15-11-5-6-12-13(9-11)18-14(17-12)16-8-7-10-3-1-2-4-10/h5-6,9-10H,1-4,7-8H2,(H,16,17). The van der Waals surface area contributed by atoms with Gasteiger partial charge in [0, 0.05) is 11.0 Å². The van der Waals surface area contributed by atoms with Crippen LogP contribution in [0.3, 0.4) is 0 Å². The van der Waals surface area contributed by atoms with Crippen molar-refractivity contribution in [1.29, 1.82) is 0 Å². The third kappa shape index (κ3) is 2.86. The molecule has 1 aliphatic rings. The Balaban J connectivity index is 1.60. The van der Waals surface area contributed by atoms with Crippen molar-refractivity contribution in [3.63, 3.8) is 0 Å². The first kappa shape index (κ1) is 12.4. The molecule has 1 N–H and O–H groups in total. The van der Waals surface area contributed by atoms with Crippen molar-refractivity contribution in [1.82, 2.24) is 4.98 Å². The lowest BCUT2D eigenvalue weighted by atomic mass is 10.0. The molecule has 2 aromatic rings. The Labute approximate surface area is 120 Å². The van der Waals surface area contributed by atoms with Crippen LogP contribution in [0.5, 0.6) is 0 Å². The van der Waals surface area contributed by atoms with Gasteiger partial charge in [-0.1, -0.05) is 53.0 Å². The number of nitrogens with zero attached hydrogens (tertiary/aromatic N) is 1. The average Bonchev–Trinajstić information content (AvgIpc) is 2.97. The quantitative estimate of drug-likeness (QED) is 0.851. The molecular formula is C14H17BrN2S. The summed E-state index contributed by atoms with van der Waals surface area (Å²) in [5.74, 6) is 0.945. The van der Waals surface area contributed by atoms with Crippen molar-refractivity contribution < 1.29 is 0 Å². The molecule has 0 spiro atoms. The molecule has 2 nitrogen and oxygen atoms in total. The predicted octanol–water partition coefficient (Wildman–Crippen LogP) is 5.05. The van der Waals surface area contributed by atoms with E-state index >= 15 is 0 Å². The van der Waals surface area contributed by atoms with Crippen LogP contribution in [0.2, 0.25) is 0 Å². The van der Waals surface area contributed by atoms with Crippen molar-refractivity contribution in [2.75, 3.05) is 11.9 Å². The monoisotopic (exact) mass is 324 g/mol. The van der Waals surface area contributed by atoms with Crippen LogP contribution >= 0.6 is 27.3 Å². The van der Waals surface area contributed by atoms with Crippen LogP contribution in [0.4, 0.5) is 5.13 Å². The van der Waals surface area contributed by atoms with Gasteiger partial charge in [0.15, 0.2) is 5.13 Å². The summed E-state index contributed by atoms with van der Waals surface area (Å²) < 4.78 is 2.36. The number of nitrogens with one attached hydrogen (secondary N) is 1. The van der Waals surface area contributed by atoms with Gasteiger partial charge in [-0.2, -0.15) is 0 Å². The van der Waals surface area contributed by atoms with Crippen LogP contribution in [0.15, 0.2) is 22.7 Å². The molecule has 3 rings (SSSR count). The molecule has 0 amide bonds. The number of fused-ring (bicyclic) bond motifs is 1. The van der Waals surface area contributed by atoms with Crippen molar-refractivity contribution in [3.05, 3.63) is 22.7 Å². The summed E-state index contributed by atoms with van der Waals surface area (Å²) in [4.78, 5) is 4.60. The van der Waals surface area contributed by atoms with Crippen LogP contribution in [0.25, 0.3) is 10.2 Å². The van der Waals surface area contributed by atoms with Gasteiger partial charge >= 0.3 is 0 Å². The van der Waals surface area contributed by atoms with Gasteiger partial charge < -0.3 is 5.32 Å². The Morgan fingerprint density at radius 2 is 2.17 bits per heavy atom. The van der Waals surface area contributed by atoms with E-state index in [2.05, 4.69) is 38.4 Å². The maximum absolute atomic E-state index is 4.60. The molecule has 1 fully saturated rings. The first-order valence-electron chi connectivity index (χ1n) is 6.61. The predicted molar refractivity (Wildman–Crippen MR) is 82.4 cm³/mol. The largest absolute Gasteiger partial charge is 0.361 e. The molecule has 1 aromatic carbocycles. The number of benzene rings is 1. The van der Waals surface area contributed by atoms with E-state index in [1.165, 1.54) is 36.8 Å². The first-order chi connectivity index (χ1) is 8.81. The van der Waals surface area contributed by atoms with Crippen molar-refractivity contribution >= 4 is 42.6 Å². The van der Waals surface area contributed by atoms with E-state index in [4.69, 9.17) is 0 Å². The van der Waals surface area contributed by atoms with Gasteiger partial charge in [0.1, 0.15) is 0 Å². The van der Waals surface area contributed by atoms with Gasteiger partial charge in [0.05, 0.1) is 10.2 Å². The molecule has 0 saturated heterocycles. The van der Waals surface area contributed by atoms with E-state index in [9.17, 15) is 0 Å². The Morgan fingerprint density at radius 3 is 3.00 bits per heavy atom. The van der Waals surface area contributed by atoms with Crippen LogP contribution < -0.4 is 5.32 Å². The molecule has 96 valence electrons. The SMILES string of the molecule is Brc1ccc2nc(NCCC3CCCC3)sc2c1. The van der Waals surface area contributed by atoms with Crippen LogP contribution in [0, 0.1) is 5.92 Å². The molecule has 1 aliphatic carbocycles. The fourth-order valence-corrected chi connectivity index (χ4v) is 4.10. The molecule has 1 heterocycles. The summed E-state index contributed by atoms with van der Waals surface area (Å²) in [6, 6.07) is 6.25. The van der Waals surface area contributed by atoms with Gasteiger partial charge in [0.2, 0.25) is 0 Å². The second kappa shape index (κ2) is 5.57. The Kier molecular flexibility index (Phi) is 3.85. The minimum absolute atomic E-state index is 0.945. The summed E-state index contributed by atoms with van der Waals surface area (Å²) in [5, 5.41) is 4.53. The van der Waals surface area contributed by atoms with Crippen molar-refractivity contribution in [2.45, 2.75) is 32.1 Å². The van der Waals surface area contributed by atoms with Crippen LogP contribution in [-0.2, 0) is 0 Å². The zero-order chi connectivity index (χ0) is 12.4. The fraction of sp³-hybridized carbons (Fsp3) is 0.500. The smallest absolute Gasteiger partial charge is 0.183 e. The minimum atomic E-state index is 0.945. The topological polar surface area (TPSA) is 24.9 Å². The molecule has 0 unspecified atom stereocenters. The maximum Gasteiger partial charge on any atom is 0.183 e. The first-order valence-corrected chi connectivity index (χ1v) is 8.22. The Morgan fingerprint density at radius 1 is 1.33 bits per heavy atom. The molecule has 1 saturated carbocycles. The number of anilines is 1. The van der Waals surface area contributed by atoms with Gasteiger partial charge in [-0.25, -0.2) is 4.98 Å². The molecule has 0 bridgehead atoms. The summed E-state index contributed by atoms with van der Waals surface area (Å²) in [6.45, 7) is 1.06. The third-order valence-electron chi connectivity index (χ3n) is 3.65. The number of thiazole rings is 1. The highest BCUT2D eigenvalue weighted by molar-refractivity contribution is 9.10. The molecule has 0 radical (unpaired) electrons. The lowest BCUT2D eigenvalue weighted by Gasteiger charge is -2.08. The zero-order valence-corrected chi connectivity index (χ0v) is 12.7. The van der Waals surface area contributed by atoms with Gasteiger partial charge in [-0.3, -0.25) is 0 Å². The van der Waals surface area contributed by atoms with E-state index in [0.717, 1.165) is 27.6 Å². The van der Waals surface area contributed by atoms with Gasteiger partial charge in [-0.05, 0) is 30.5 Å². The summed E-state index contributed by atoms with van der Waals surface area (Å²) in [7, 11) is 0. The zero-order valence-electron chi connectivity index (χ0n) is 10.3. The molecule has 1 aromatic heterocycles. The van der Waals surface area contributed by atoms with E-state index < -0.39 is 0 Å². The summed E-state index contributed by atoms with van der Waals surface area (Å²) in [6.07, 6.45) is 7.00. The Bertz CT molecular complexity index is 532. The number of hydrogen-bond acceptors (Lipinski definition) is 3. The fourth-order valence-electron chi connectivity index (χ4n) is 2.66. The van der Waals surface area contributed by atoms with Gasteiger partial charge in [-0.15, -0.1) is 0 Å². The minimum Gasteiger partial charge on any atom is -0.361 e.